The van der Waals surface area contributed by atoms with Gasteiger partial charge in [-0.3, -0.25) is 4.99 Å². The van der Waals surface area contributed by atoms with Gasteiger partial charge < -0.3 is 5.32 Å². The third-order valence-corrected chi connectivity index (χ3v) is 8.38. The summed E-state index contributed by atoms with van der Waals surface area (Å²) in [6.07, 6.45) is 48.8. The molecule has 1 heterocycles. The minimum absolute atomic E-state index is 0.406. The quantitative estimate of drug-likeness (QED) is 0.0708. The molecular formula is C37H70N2. The van der Waals surface area contributed by atoms with E-state index in [9.17, 15) is 0 Å². The number of allylic oxidation sites excluding steroid dienone is 2. The van der Waals surface area contributed by atoms with Gasteiger partial charge in [-0.25, -0.2) is 0 Å². The third-order valence-electron chi connectivity index (χ3n) is 8.38. The number of hydrogen-bond acceptors (Lipinski definition) is 2. The molecule has 228 valence electrons. The number of amidine groups is 1. The van der Waals surface area contributed by atoms with Crippen LogP contribution in [0.3, 0.4) is 0 Å². The molecule has 0 saturated heterocycles. The molecule has 2 heteroatoms. The zero-order valence-corrected chi connectivity index (χ0v) is 26.8. The Morgan fingerprint density at radius 3 is 1.28 bits per heavy atom. The van der Waals surface area contributed by atoms with E-state index in [0.717, 1.165) is 12.4 Å². The van der Waals surface area contributed by atoms with Crippen LogP contribution >= 0.6 is 0 Å². The van der Waals surface area contributed by atoms with E-state index in [0.29, 0.717) is 6.04 Å². The first-order valence-electron chi connectivity index (χ1n) is 18.0. The van der Waals surface area contributed by atoms with E-state index in [2.05, 4.69) is 48.5 Å². The van der Waals surface area contributed by atoms with Gasteiger partial charge in [-0.1, -0.05) is 186 Å². The zero-order chi connectivity index (χ0) is 27.9. The van der Waals surface area contributed by atoms with Gasteiger partial charge in [-0.15, -0.1) is 0 Å². The lowest BCUT2D eigenvalue weighted by Gasteiger charge is -2.05. The molecule has 0 spiro atoms. The van der Waals surface area contributed by atoms with Crippen LogP contribution in [0.4, 0.5) is 0 Å². The lowest BCUT2D eigenvalue weighted by Crippen LogP contribution is -2.26. The molecular weight excluding hydrogens is 472 g/mol. The fourth-order valence-electron chi connectivity index (χ4n) is 5.70. The minimum atomic E-state index is 0.406. The van der Waals surface area contributed by atoms with E-state index in [1.165, 1.54) is 180 Å². The number of unbranched alkanes of at least 4 members (excludes halogenated alkanes) is 26. The van der Waals surface area contributed by atoms with Gasteiger partial charge in [0.05, 0.1) is 12.6 Å². The van der Waals surface area contributed by atoms with Gasteiger partial charge in [-0.2, -0.15) is 0 Å². The van der Waals surface area contributed by atoms with Gasteiger partial charge in [0.25, 0.3) is 0 Å². The summed E-state index contributed by atoms with van der Waals surface area (Å²) >= 11 is 0. The van der Waals surface area contributed by atoms with Crippen molar-refractivity contribution < 1.29 is 0 Å². The molecule has 0 amide bonds. The molecule has 1 aliphatic heterocycles. The number of aliphatic imine (C=N–C) groups is 1. The summed E-state index contributed by atoms with van der Waals surface area (Å²) in [5, 5.41) is 3.57. The molecule has 1 unspecified atom stereocenters. The lowest BCUT2D eigenvalue weighted by molar-refractivity contribution is 0.540. The van der Waals surface area contributed by atoms with Crippen LogP contribution in [-0.4, -0.2) is 18.4 Å². The number of nitrogens with zero attached hydrogens (tertiary/aromatic N) is 1. The maximum absolute atomic E-state index is 4.68. The topological polar surface area (TPSA) is 24.4 Å². The second-order valence-corrected chi connectivity index (χ2v) is 12.4. The molecule has 0 fully saturated rings. The molecule has 0 aromatic carbocycles. The van der Waals surface area contributed by atoms with Crippen LogP contribution in [0.1, 0.15) is 194 Å². The Balaban J connectivity index is 1.82. The first-order chi connectivity index (χ1) is 19.4. The Morgan fingerprint density at radius 2 is 0.872 bits per heavy atom. The lowest BCUT2D eigenvalue weighted by atomic mass is 10.0. The summed E-state index contributed by atoms with van der Waals surface area (Å²) in [5.74, 6) is 1.08. The van der Waals surface area contributed by atoms with E-state index in [4.69, 9.17) is 0 Å². The summed E-state index contributed by atoms with van der Waals surface area (Å²) in [7, 11) is 0. The minimum Gasteiger partial charge on any atom is -0.362 e. The second-order valence-electron chi connectivity index (χ2n) is 12.4. The van der Waals surface area contributed by atoms with Crippen molar-refractivity contribution in [2.75, 3.05) is 6.54 Å². The van der Waals surface area contributed by atoms with Crippen LogP contribution in [0.15, 0.2) is 29.3 Å². The normalized spacial score (nSPS) is 15.5. The standard InChI is InChI=1S/C37H70N2/c1-3-5-7-9-11-13-15-17-19-21-23-25-27-29-31-33-36-35-38-37(39-36)34-32-30-28-26-24-22-20-18-16-14-12-10-8-6-4-2/h31-34,36H,3-30,35H2,1-2H3,(H,38,39). The first kappa shape index (κ1) is 36.0. The molecule has 0 aromatic rings. The zero-order valence-electron chi connectivity index (χ0n) is 26.8. The molecule has 1 atom stereocenters. The average molecular weight is 543 g/mol. The number of nitrogens with one attached hydrogen (secondary N) is 1. The van der Waals surface area contributed by atoms with Crippen LogP contribution in [0.2, 0.25) is 0 Å². The molecule has 0 bridgehead atoms. The van der Waals surface area contributed by atoms with E-state index >= 15 is 0 Å². The predicted molar refractivity (Wildman–Crippen MR) is 178 cm³/mol. The molecule has 39 heavy (non-hydrogen) atoms. The smallest absolute Gasteiger partial charge is 0.121 e. The van der Waals surface area contributed by atoms with E-state index < -0.39 is 0 Å². The van der Waals surface area contributed by atoms with Crippen molar-refractivity contribution in [2.24, 2.45) is 4.99 Å². The summed E-state index contributed by atoms with van der Waals surface area (Å²) < 4.78 is 0. The van der Waals surface area contributed by atoms with Crippen LogP contribution in [-0.2, 0) is 0 Å². The Bertz CT molecular complexity index is 576. The molecule has 1 N–H and O–H groups in total. The predicted octanol–water partition coefficient (Wildman–Crippen LogP) is 12.4. The van der Waals surface area contributed by atoms with E-state index in [-0.39, 0.29) is 0 Å². The van der Waals surface area contributed by atoms with Crippen LogP contribution < -0.4 is 5.32 Å². The highest BCUT2D eigenvalue weighted by atomic mass is 15.1. The number of hydrogen-bond donors (Lipinski definition) is 1. The molecule has 2 nitrogen and oxygen atoms in total. The van der Waals surface area contributed by atoms with Crippen molar-refractivity contribution in [3.8, 4) is 0 Å². The Labute approximate surface area is 246 Å². The Hall–Kier alpha value is -1.05. The molecule has 0 aliphatic carbocycles. The van der Waals surface area contributed by atoms with Crippen LogP contribution in [0, 0.1) is 0 Å². The summed E-state index contributed by atoms with van der Waals surface area (Å²) in [5.41, 5.74) is 0. The fourth-order valence-corrected chi connectivity index (χ4v) is 5.70. The highest BCUT2D eigenvalue weighted by Gasteiger charge is 2.11. The van der Waals surface area contributed by atoms with Gasteiger partial charge in [0.1, 0.15) is 5.84 Å². The monoisotopic (exact) mass is 543 g/mol. The Kier molecular flexibility index (Phi) is 27.6. The average Bonchev–Trinajstić information content (AvgIpc) is 3.40. The Morgan fingerprint density at radius 1 is 0.513 bits per heavy atom. The highest BCUT2D eigenvalue weighted by Crippen LogP contribution is 2.14. The fraction of sp³-hybridized carbons (Fsp3) is 0.865. The van der Waals surface area contributed by atoms with E-state index in [1.807, 2.05) is 0 Å². The molecule has 0 saturated carbocycles. The van der Waals surface area contributed by atoms with Crippen LogP contribution in [0.25, 0.3) is 0 Å². The SMILES string of the molecule is CCCCCCCCCCCCCCCC=CC1=NCC(C=CCCCCCCCCCCCCCCC)N1. The largest absolute Gasteiger partial charge is 0.362 e. The molecule has 1 aliphatic rings. The van der Waals surface area contributed by atoms with Gasteiger partial charge in [0.2, 0.25) is 0 Å². The molecule has 1 rings (SSSR count). The summed E-state index contributed by atoms with van der Waals surface area (Å²) in [6, 6.07) is 0.406. The van der Waals surface area contributed by atoms with Gasteiger partial charge in [-0.05, 0) is 31.8 Å². The van der Waals surface area contributed by atoms with Crippen molar-refractivity contribution in [1.29, 1.82) is 0 Å². The van der Waals surface area contributed by atoms with Crippen molar-refractivity contribution in [3.63, 3.8) is 0 Å². The summed E-state index contributed by atoms with van der Waals surface area (Å²) in [6.45, 7) is 5.49. The van der Waals surface area contributed by atoms with Gasteiger partial charge in [0.15, 0.2) is 0 Å². The van der Waals surface area contributed by atoms with Crippen LogP contribution in [0.5, 0.6) is 0 Å². The third kappa shape index (κ3) is 25.6. The van der Waals surface area contributed by atoms with Crippen molar-refractivity contribution in [3.05, 3.63) is 24.3 Å². The highest BCUT2D eigenvalue weighted by molar-refractivity contribution is 5.94. The van der Waals surface area contributed by atoms with Gasteiger partial charge in [0, 0.05) is 0 Å². The van der Waals surface area contributed by atoms with Crippen molar-refractivity contribution in [2.45, 2.75) is 200 Å². The maximum atomic E-state index is 4.68. The number of rotatable bonds is 30. The first-order valence-corrected chi connectivity index (χ1v) is 18.0. The molecule has 0 radical (unpaired) electrons. The second kappa shape index (κ2) is 29.9. The van der Waals surface area contributed by atoms with Crippen molar-refractivity contribution in [1.82, 2.24) is 5.32 Å². The molecule has 0 aromatic heterocycles. The van der Waals surface area contributed by atoms with Gasteiger partial charge >= 0.3 is 0 Å². The van der Waals surface area contributed by atoms with Crippen molar-refractivity contribution >= 4 is 5.84 Å². The summed E-state index contributed by atoms with van der Waals surface area (Å²) in [4.78, 5) is 4.68. The maximum Gasteiger partial charge on any atom is 0.121 e. The van der Waals surface area contributed by atoms with E-state index in [1.54, 1.807) is 0 Å².